The highest BCUT2D eigenvalue weighted by Gasteiger charge is 2.28. The Hall–Kier alpha value is -2.58. The zero-order chi connectivity index (χ0) is 19.0. The molecule has 0 aliphatic carbocycles. The Morgan fingerprint density at radius 3 is 2.96 bits per heavy atom. The highest BCUT2D eigenvalue weighted by Crippen LogP contribution is 2.29. The van der Waals surface area contributed by atoms with Crippen LogP contribution in [0.15, 0.2) is 30.5 Å². The lowest BCUT2D eigenvalue weighted by molar-refractivity contribution is 0.0761. The second-order valence-corrected chi connectivity index (χ2v) is 8.04. The highest BCUT2D eigenvalue weighted by molar-refractivity contribution is 7.19. The van der Waals surface area contributed by atoms with Gasteiger partial charge in [-0.25, -0.2) is 9.97 Å². The van der Waals surface area contributed by atoms with Crippen molar-refractivity contribution in [2.75, 3.05) is 18.4 Å². The lowest BCUT2D eigenvalue weighted by Gasteiger charge is -2.17. The zero-order valence-corrected chi connectivity index (χ0v) is 16.0. The molecule has 3 aromatic rings. The van der Waals surface area contributed by atoms with Gasteiger partial charge in [0.05, 0.1) is 28.1 Å². The maximum atomic E-state index is 13.0. The second-order valence-electron chi connectivity index (χ2n) is 6.78. The quantitative estimate of drug-likeness (QED) is 0.720. The number of likely N-dealkylation sites (tertiary alicyclic amines) is 1. The molecule has 1 saturated heterocycles. The van der Waals surface area contributed by atoms with Gasteiger partial charge in [-0.1, -0.05) is 6.07 Å². The van der Waals surface area contributed by atoms with Crippen LogP contribution in [0.3, 0.4) is 0 Å². The van der Waals surface area contributed by atoms with E-state index in [4.69, 9.17) is 0 Å². The van der Waals surface area contributed by atoms with Gasteiger partial charge in [0.1, 0.15) is 0 Å². The van der Waals surface area contributed by atoms with Crippen LogP contribution in [0.25, 0.3) is 10.2 Å². The van der Waals surface area contributed by atoms with Gasteiger partial charge >= 0.3 is 0 Å². The number of fused-ring (bicyclic) bond motifs is 1. The molecule has 0 radical (unpaired) electrons. The summed E-state index contributed by atoms with van der Waals surface area (Å²) in [7, 11) is 0. The molecule has 1 unspecified atom stereocenters. The molecule has 1 fully saturated rings. The Balaban J connectivity index is 1.69. The molecule has 0 spiro atoms. The molecule has 1 aliphatic heterocycles. The first-order valence-corrected chi connectivity index (χ1v) is 9.76. The van der Waals surface area contributed by atoms with Gasteiger partial charge in [0.25, 0.3) is 5.91 Å². The van der Waals surface area contributed by atoms with Gasteiger partial charge < -0.3 is 15.3 Å². The van der Waals surface area contributed by atoms with Crippen LogP contribution in [-0.2, 0) is 0 Å². The minimum Gasteiger partial charge on any atom is -0.391 e. The molecule has 0 aromatic carbocycles. The summed E-state index contributed by atoms with van der Waals surface area (Å²) < 4.78 is 0.787. The summed E-state index contributed by atoms with van der Waals surface area (Å²) in [6, 6.07) is 7.60. The van der Waals surface area contributed by atoms with Crippen molar-refractivity contribution in [3.05, 3.63) is 46.7 Å². The number of aliphatic hydroxyl groups is 1. The molecule has 0 saturated carbocycles. The average molecular weight is 383 g/mol. The van der Waals surface area contributed by atoms with E-state index in [1.54, 1.807) is 11.1 Å². The molecular formula is C19H21N5O2S. The third-order valence-corrected chi connectivity index (χ3v) is 5.67. The molecular weight excluding hydrogens is 362 g/mol. The average Bonchev–Trinajstić information content (AvgIpc) is 3.26. The van der Waals surface area contributed by atoms with E-state index >= 15 is 0 Å². The van der Waals surface area contributed by atoms with E-state index in [2.05, 4.69) is 20.3 Å². The molecule has 0 bridgehead atoms. The van der Waals surface area contributed by atoms with Gasteiger partial charge in [0, 0.05) is 24.2 Å². The monoisotopic (exact) mass is 383 g/mol. The highest BCUT2D eigenvalue weighted by atomic mass is 32.1. The normalized spacial score (nSPS) is 18.0. The van der Waals surface area contributed by atoms with Crippen molar-refractivity contribution < 1.29 is 9.90 Å². The smallest absolute Gasteiger partial charge is 0.274 e. The van der Waals surface area contributed by atoms with Crippen LogP contribution in [-0.4, -0.2) is 50.1 Å². The molecule has 140 valence electrons. The first kappa shape index (κ1) is 17.8. The van der Waals surface area contributed by atoms with Crippen molar-refractivity contribution in [2.45, 2.75) is 32.4 Å². The molecule has 8 heteroatoms. The Labute approximate surface area is 161 Å². The SMILES string of the molecule is Cc1cc2nc(NC(C)c3ccccn3)nc(C(=O)N3CC[C@@H](O)C3)c2s1. The lowest BCUT2D eigenvalue weighted by atomic mass is 10.2. The van der Waals surface area contributed by atoms with E-state index in [0.29, 0.717) is 31.2 Å². The fourth-order valence-corrected chi connectivity index (χ4v) is 4.17. The van der Waals surface area contributed by atoms with Crippen LogP contribution in [0.5, 0.6) is 0 Å². The van der Waals surface area contributed by atoms with Gasteiger partial charge in [-0.3, -0.25) is 9.78 Å². The van der Waals surface area contributed by atoms with Crippen molar-refractivity contribution in [1.29, 1.82) is 0 Å². The fraction of sp³-hybridized carbons (Fsp3) is 0.368. The number of nitrogens with one attached hydrogen (secondary N) is 1. The second kappa shape index (κ2) is 7.21. The third-order valence-electron chi connectivity index (χ3n) is 4.62. The molecule has 3 aromatic heterocycles. The number of hydrogen-bond donors (Lipinski definition) is 2. The van der Waals surface area contributed by atoms with Crippen LogP contribution in [0.2, 0.25) is 0 Å². The number of nitrogens with zero attached hydrogens (tertiary/aromatic N) is 4. The predicted molar refractivity (Wildman–Crippen MR) is 105 cm³/mol. The molecule has 4 rings (SSSR count). The maximum absolute atomic E-state index is 13.0. The standard InChI is InChI=1S/C19H21N5O2S/c1-11-9-15-17(27-11)16(18(26)24-8-6-13(25)10-24)23-19(22-15)21-12(2)14-5-3-4-7-20-14/h3-5,7,9,12-13,25H,6,8,10H2,1-2H3,(H,21,22,23)/t12?,13-/m1/s1. The van der Waals surface area contributed by atoms with E-state index in [1.807, 2.05) is 38.1 Å². The number of pyridine rings is 1. The summed E-state index contributed by atoms with van der Waals surface area (Å²) in [6.45, 7) is 4.86. The minimum absolute atomic E-state index is 0.0973. The van der Waals surface area contributed by atoms with E-state index in [9.17, 15) is 9.90 Å². The topological polar surface area (TPSA) is 91.2 Å². The molecule has 1 amide bonds. The Kier molecular flexibility index (Phi) is 4.75. The number of thiophene rings is 1. The van der Waals surface area contributed by atoms with Crippen LogP contribution >= 0.6 is 11.3 Å². The van der Waals surface area contributed by atoms with Crippen LogP contribution in [0, 0.1) is 6.92 Å². The number of rotatable bonds is 4. The van der Waals surface area contributed by atoms with Crippen molar-refractivity contribution in [1.82, 2.24) is 19.9 Å². The van der Waals surface area contributed by atoms with Gasteiger partial charge in [-0.2, -0.15) is 0 Å². The number of aliphatic hydroxyl groups excluding tert-OH is 1. The Bertz CT molecular complexity index is 975. The van der Waals surface area contributed by atoms with Crippen molar-refractivity contribution in [3.63, 3.8) is 0 Å². The molecule has 2 N–H and O–H groups in total. The Morgan fingerprint density at radius 2 is 2.26 bits per heavy atom. The minimum atomic E-state index is -0.460. The summed E-state index contributed by atoms with van der Waals surface area (Å²) in [6.07, 6.45) is 1.89. The van der Waals surface area contributed by atoms with Crippen molar-refractivity contribution in [3.8, 4) is 0 Å². The van der Waals surface area contributed by atoms with Crippen LogP contribution in [0.4, 0.5) is 5.95 Å². The maximum Gasteiger partial charge on any atom is 0.274 e. The molecule has 1 aliphatic rings. The van der Waals surface area contributed by atoms with Gasteiger partial charge in [-0.15, -0.1) is 11.3 Å². The number of hydrogen-bond acceptors (Lipinski definition) is 7. The summed E-state index contributed by atoms with van der Waals surface area (Å²) in [5, 5.41) is 13.0. The number of aromatic nitrogens is 3. The summed E-state index contributed by atoms with van der Waals surface area (Å²) in [5.41, 5.74) is 2.02. The predicted octanol–water partition coefficient (Wildman–Crippen LogP) is 2.77. The van der Waals surface area contributed by atoms with E-state index < -0.39 is 6.10 Å². The largest absolute Gasteiger partial charge is 0.391 e. The third kappa shape index (κ3) is 3.63. The summed E-state index contributed by atoms with van der Waals surface area (Å²) in [4.78, 5) is 29.2. The molecule has 27 heavy (non-hydrogen) atoms. The van der Waals surface area contributed by atoms with Gasteiger partial charge in [-0.05, 0) is 38.5 Å². The van der Waals surface area contributed by atoms with E-state index in [0.717, 1.165) is 20.8 Å². The number of carbonyl (C=O) groups is 1. The Morgan fingerprint density at radius 1 is 1.41 bits per heavy atom. The fourth-order valence-electron chi connectivity index (χ4n) is 3.23. The first-order valence-electron chi connectivity index (χ1n) is 8.94. The molecule has 2 atom stereocenters. The number of anilines is 1. The first-order chi connectivity index (χ1) is 13.0. The van der Waals surface area contributed by atoms with Crippen LogP contribution < -0.4 is 5.32 Å². The van der Waals surface area contributed by atoms with Gasteiger partial charge in [0.2, 0.25) is 5.95 Å². The number of amides is 1. The summed E-state index contributed by atoms with van der Waals surface area (Å²) >= 11 is 1.52. The number of aryl methyl sites for hydroxylation is 1. The van der Waals surface area contributed by atoms with E-state index in [1.165, 1.54) is 11.3 Å². The molecule has 7 nitrogen and oxygen atoms in total. The molecule has 4 heterocycles. The van der Waals surface area contributed by atoms with Crippen molar-refractivity contribution >= 4 is 33.4 Å². The van der Waals surface area contributed by atoms with Crippen molar-refractivity contribution in [2.24, 2.45) is 0 Å². The van der Waals surface area contributed by atoms with E-state index in [-0.39, 0.29) is 11.9 Å². The number of carbonyl (C=O) groups excluding carboxylic acids is 1. The van der Waals surface area contributed by atoms with Gasteiger partial charge in [0.15, 0.2) is 5.69 Å². The van der Waals surface area contributed by atoms with Crippen LogP contribution in [0.1, 0.15) is 40.4 Å². The summed E-state index contributed by atoms with van der Waals surface area (Å²) in [5.74, 6) is 0.246. The lowest BCUT2D eigenvalue weighted by Crippen LogP contribution is -2.30. The zero-order valence-electron chi connectivity index (χ0n) is 15.2. The number of β-amino-alcohol motifs (C(OH)–C–C–N with tert-alkyl or cyclic N) is 1.